The molecule has 0 saturated carbocycles. The molecule has 1 aromatic rings. The molecule has 2 aliphatic heterocycles. The minimum absolute atomic E-state index is 0.123. The number of nitrogens with one attached hydrogen (secondary N) is 1. The Morgan fingerprint density at radius 1 is 1.24 bits per heavy atom. The van der Waals surface area contributed by atoms with Crippen LogP contribution in [0.15, 0.2) is 58.5 Å². The van der Waals surface area contributed by atoms with Crippen LogP contribution in [0, 0.1) is 5.92 Å². The van der Waals surface area contributed by atoms with Gasteiger partial charge in [-0.2, -0.15) is 0 Å². The maximum absolute atomic E-state index is 12.8. The number of piperidine rings is 1. The molecule has 0 amide bonds. The normalized spacial score (nSPS) is 21.1. The van der Waals surface area contributed by atoms with E-state index >= 15 is 0 Å². The van der Waals surface area contributed by atoms with E-state index in [1.807, 2.05) is 30.6 Å². The van der Waals surface area contributed by atoms with E-state index in [0.29, 0.717) is 25.3 Å². The molecule has 38 heavy (non-hydrogen) atoms. The highest BCUT2D eigenvalue weighted by Gasteiger charge is 2.39. The molecular formula is C28H38N2O6S2. The molecule has 0 spiro atoms. The van der Waals surface area contributed by atoms with Gasteiger partial charge in [-0.3, -0.25) is 0 Å². The third kappa shape index (κ3) is 7.09. The summed E-state index contributed by atoms with van der Waals surface area (Å²) in [5, 5.41) is 2.03. The summed E-state index contributed by atoms with van der Waals surface area (Å²) in [6.45, 7) is 4.07. The first-order valence-electron chi connectivity index (χ1n) is 13.3. The molecule has 3 heterocycles. The first-order valence-corrected chi connectivity index (χ1v) is 16.0. The molecule has 4 rings (SSSR count). The summed E-state index contributed by atoms with van der Waals surface area (Å²) in [5.41, 5.74) is 2.91. The lowest BCUT2D eigenvalue weighted by molar-refractivity contribution is -0.138. The van der Waals surface area contributed by atoms with Crippen molar-refractivity contribution in [3.8, 4) is 0 Å². The lowest BCUT2D eigenvalue weighted by Crippen LogP contribution is -2.45. The molecule has 208 valence electrons. The van der Waals surface area contributed by atoms with Gasteiger partial charge in [0.15, 0.2) is 5.76 Å². The number of thiophene rings is 1. The number of fused-ring (bicyclic) bond motifs is 3. The molecular weight excluding hydrogens is 524 g/mol. The molecule has 10 heteroatoms. The number of carbonyl (C=O) groups excluding carboxylic acids is 1. The van der Waals surface area contributed by atoms with Gasteiger partial charge in [0.2, 0.25) is 10.0 Å². The minimum Gasteiger partial charge on any atom is -0.497 e. The van der Waals surface area contributed by atoms with E-state index in [-0.39, 0.29) is 17.9 Å². The van der Waals surface area contributed by atoms with Crippen molar-refractivity contribution in [3.05, 3.63) is 63.4 Å². The Balaban J connectivity index is 1.40. The van der Waals surface area contributed by atoms with Crippen LogP contribution in [0.4, 0.5) is 0 Å². The molecule has 1 aromatic heterocycles. The van der Waals surface area contributed by atoms with E-state index in [0.717, 1.165) is 67.0 Å². The summed E-state index contributed by atoms with van der Waals surface area (Å²) >= 11 is 1.63. The van der Waals surface area contributed by atoms with E-state index in [1.54, 1.807) is 18.4 Å². The zero-order valence-corrected chi connectivity index (χ0v) is 24.0. The van der Waals surface area contributed by atoms with Crippen LogP contribution in [0.5, 0.6) is 0 Å². The fraction of sp³-hybridized carbons (Fsp3) is 0.536. The number of hydrogen-bond acceptors (Lipinski definition) is 8. The van der Waals surface area contributed by atoms with Gasteiger partial charge in [-0.05, 0) is 43.7 Å². The number of unbranched alkanes of at least 4 members (excludes halogenated alkanes) is 3. The van der Waals surface area contributed by atoms with Gasteiger partial charge in [0, 0.05) is 42.1 Å². The first-order chi connectivity index (χ1) is 18.3. The van der Waals surface area contributed by atoms with Crippen LogP contribution in [0.1, 0.15) is 50.3 Å². The second kappa shape index (κ2) is 13.0. The first kappa shape index (κ1) is 28.4. The summed E-state index contributed by atoms with van der Waals surface area (Å²) in [6, 6.07) is 4.18. The molecule has 2 atom stereocenters. The SMILES string of the molecule is CCOC(=O)C1=CN2CCC3=CC(OCCCCCCNS(C)(=O)=O)=C(OC)CC3C2C=C1c1cccs1. The summed E-state index contributed by atoms with van der Waals surface area (Å²) in [7, 11) is -1.42. The van der Waals surface area contributed by atoms with E-state index < -0.39 is 10.0 Å². The van der Waals surface area contributed by atoms with Crippen molar-refractivity contribution in [3.63, 3.8) is 0 Å². The Labute approximate surface area is 230 Å². The zero-order chi connectivity index (χ0) is 27.1. The Morgan fingerprint density at radius 2 is 2.05 bits per heavy atom. The van der Waals surface area contributed by atoms with Gasteiger partial charge in [-0.15, -0.1) is 11.3 Å². The standard InChI is InChI=1S/C28H38N2O6S2/c1-4-35-28(31)23-19-30-13-11-20-16-26(36-14-8-6-5-7-12-29-38(3,32)33)25(34-2)18-21(20)24(30)17-22(23)27-10-9-15-37-27/h9-10,15-17,19,21,24,29H,4-8,11-14,18H2,1-3H3. The molecule has 0 aromatic carbocycles. The fourth-order valence-electron chi connectivity index (χ4n) is 5.23. The number of nitrogens with zero attached hydrogens (tertiary/aromatic N) is 1. The van der Waals surface area contributed by atoms with Crippen LogP contribution in [0.3, 0.4) is 0 Å². The molecule has 2 unspecified atom stereocenters. The maximum Gasteiger partial charge on any atom is 0.340 e. The number of sulfonamides is 1. The molecule has 1 aliphatic carbocycles. The average Bonchev–Trinajstić information content (AvgIpc) is 3.43. The summed E-state index contributed by atoms with van der Waals surface area (Å²) in [5.74, 6) is 1.62. The quantitative estimate of drug-likeness (QED) is 0.277. The minimum atomic E-state index is -3.12. The van der Waals surface area contributed by atoms with Crippen LogP contribution >= 0.6 is 11.3 Å². The van der Waals surface area contributed by atoms with Crippen LogP contribution in [-0.4, -0.2) is 65.0 Å². The highest BCUT2D eigenvalue weighted by Crippen LogP contribution is 2.44. The van der Waals surface area contributed by atoms with Gasteiger partial charge in [0.1, 0.15) is 5.76 Å². The van der Waals surface area contributed by atoms with E-state index in [4.69, 9.17) is 14.2 Å². The van der Waals surface area contributed by atoms with Crippen LogP contribution in [0.25, 0.3) is 5.57 Å². The summed E-state index contributed by atoms with van der Waals surface area (Å²) in [4.78, 5) is 16.1. The number of hydrogen-bond donors (Lipinski definition) is 1. The smallest absolute Gasteiger partial charge is 0.340 e. The van der Waals surface area contributed by atoms with Crippen molar-refractivity contribution < 1.29 is 27.4 Å². The number of esters is 1. The molecule has 3 aliphatic rings. The van der Waals surface area contributed by atoms with Gasteiger partial charge in [-0.25, -0.2) is 17.9 Å². The number of methoxy groups -OCH3 is 1. The largest absolute Gasteiger partial charge is 0.497 e. The van der Waals surface area contributed by atoms with E-state index in [1.165, 1.54) is 11.8 Å². The highest BCUT2D eigenvalue weighted by atomic mass is 32.2. The van der Waals surface area contributed by atoms with Gasteiger partial charge in [0.05, 0.1) is 38.2 Å². The summed E-state index contributed by atoms with van der Waals surface area (Å²) < 4.78 is 42.1. The van der Waals surface area contributed by atoms with Crippen molar-refractivity contribution in [1.29, 1.82) is 0 Å². The Kier molecular flexibility index (Phi) is 9.73. The maximum atomic E-state index is 12.8. The second-order valence-corrected chi connectivity index (χ2v) is 12.5. The van der Waals surface area contributed by atoms with Crippen molar-refractivity contribution >= 4 is 32.9 Å². The van der Waals surface area contributed by atoms with Crippen LogP contribution in [-0.2, 0) is 29.0 Å². The highest BCUT2D eigenvalue weighted by molar-refractivity contribution is 7.88. The monoisotopic (exact) mass is 562 g/mol. The number of rotatable bonds is 13. The topological polar surface area (TPSA) is 94.2 Å². The van der Waals surface area contributed by atoms with E-state index in [9.17, 15) is 13.2 Å². The van der Waals surface area contributed by atoms with Gasteiger partial charge >= 0.3 is 5.97 Å². The second-order valence-electron chi connectivity index (χ2n) is 9.75. The van der Waals surface area contributed by atoms with Crippen molar-refractivity contribution in [2.24, 2.45) is 5.92 Å². The molecule has 0 radical (unpaired) electrons. The predicted octanol–water partition coefficient (Wildman–Crippen LogP) is 4.60. The Hall–Kier alpha value is -2.56. The van der Waals surface area contributed by atoms with Crippen LogP contribution < -0.4 is 4.72 Å². The number of carbonyl (C=O) groups is 1. The van der Waals surface area contributed by atoms with E-state index in [2.05, 4.69) is 21.8 Å². The van der Waals surface area contributed by atoms with Crippen molar-refractivity contribution in [2.45, 2.75) is 51.5 Å². The fourth-order valence-corrected chi connectivity index (χ4v) is 6.51. The molecule has 1 N–H and O–H groups in total. The Morgan fingerprint density at radius 3 is 2.76 bits per heavy atom. The van der Waals surface area contributed by atoms with Gasteiger partial charge in [0.25, 0.3) is 0 Å². The third-order valence-corrected chi connectivity index (χ3v) is 8.70. The van der Waals surface area contributed by atoms with Crippen LogP contribution in [0.2, 0.25) is 0 Å². The zero-order valence-electron chi connectivity index (χ0n) is 22.4. The lowest BCUT2D eigenvalue weighted by atomic mass is 9.76. The van der Waals surface area contributed by atoms with Gasteiger partial charge in [-0.1, -0.05) is 30.6 Å². The lowest BCUT2D eigenvalue weighted by Gasteiger charge is -2.45. The Bertz CT molecular complexity index is 1210. The third-order valence-electron chi connectivity index (χ3n) is 7.07. The molecule has 1 saturated heterocycles. The number of allylic oxidation sites excluding steroid dienone is 2. The van der Waals surface area contributed by atoms with Crippen molar-refractivity contribution in [2.75, 3.05) is 39.7 Å². The predicted molar refractivity (Wildman–Crippen MR) is 150 cm³/mol. The molecule has 8 nitrogen and oxygen atoms in total. The molecule has 0 bridgehead atoms. The summed E-state index contributed by atoms with van der Waals surface area (Å²) in [6.07, 6.45) is 12.8. The van der Waals surface area contributed by atoms with Gasteiger partial charge < -0.3 is 19.1 Å². The molecule has 1 fully saturated rings. The van der Waals surface area contributed by atoms with Crippen molar-refractivity contribution in [1.82, 2.24) is 9.62 Å². The number of ether oxygens (including phenoxy) is 3. The average molecular weight is 563 g/mol.